The molecule has 0 aliphatic carbocycles. The van der Waals surface area contributed by atoms with Gasteiger partial charge in [0, 0.05) is 21.9 Å². The minimum absolute atomic E-state index is 0.000426. The Hall–Kier alpha value is -5.20. The van der Waals surface area contributed by atoms with Crippen LogP contribution in [0.4, 0.5) is 18.8 Å². The monoisotopic (exact) mass is 660 g/mol. The molecule has 234 valence electrons. The van der Waals surface area contributed by atoms with E-state index in [1.807, 2.05) is 0 Å². The maximum absolute atomic E-state index is 13.6. The summed E-state index contributed by atoms with van der Waals surface area (Å²) < 4.78 is 37.6. The number of hydrogen-bond donors (Lipinski definition) is 2. The van der Waals surface area contributed by atoms with Gasteiger partial charge >= 0.3 is 11.9 Å². The average Bonchev–Trinajstić information content (AvgIpc) is 3.66. The standard InChI is InChI=1S/C34H26F2N2O6S2/c1-3-43-33(41)27-25(19-9-13-21(35)14-10-19)17-45-31(27)37-29(39)23-7-5-6-8-24(23)30(40)38-32-28(34(42)44-4-2)26(18-46-32)20-11-15-22(36)16-12-20/h5-18H,3-4H2,1-2H3,(H,37,39)(H,38,40). The number of carbonyl (C=O) groups excluding carboxylic acids is 4. The van der Waals surface area contributed by atoms with Crippen molar-refractivity contribution in [3.63, 3.8) is 0 Å². The highest BCUT2D eigenvalue weighted by Gasteiger charge is 2.27. The Kier molecular flexibility index (Phi) is 9.99. The fourth-order valence-corrected chi connectivity index (χ4v) is 6.52. The number of esters is 2. The number of halogens is 2. The van der Waals surface area contributed by atoms with Gasteiger partial charge < -0.3 is 20.1 Å². The summed E-state index contributed by atoms with van der Waals surface area (Å²) in [6, 6.07) is 17.2. The molecule has 0 aliphatic rings. The summed E-state index contributed by atoms with van der Waals surface area (Å²) in [5.41, 5.74) is 2.19. The number of amides is 2. The second-order valence-electron chi connectivity index (χ2n) is 9.62. The number of nitrogens with one attached hydrogen (secondary N) is 2. The Balaban J connectivity index is 1.45. The third-order valence-electron chi connectivity index (χ3n) is 6.72. The lowest BCUT2D eigenvalue weighted by Gasteiger charge is -2.12. The van der Waals surface area contributed by atoms with E-state index in [0.29, 0.717) is 22.3 Å². The van der Waals surface area contributed by atoms with Crippen LogP contribution < -0.4 is 10.6 Å². The van der Waals surface area contributed by atoms with Crippen molar-refractivity contribution < 1.29 is 37.4 Å². The molecule has 0 unspecified atom stereocenters. The molecule has 0 aliphatic heterocycles. The van der Waals surface area contributed by atoms with Crippen LogP contribution in [-0.2, 0) is 9.47 Å². The van der Waals surface area contributed by atoms with E-state index in [9.17, 15) is 28.0 Å². The van der Waals surface area contributed by atoms with Crippen molar-refractivity contribution in [3.8, 4) is 22.3 Å². The molecule has 2 heterocycles. The van der Waals surface area contributed by atoms with Crippen molar-refractivity contribution in [2.24, 2.45) is 0 Å². The predicted molar refractivity (Wildman–Crippen MR) is 174 cm³/mol. The molecule has 5 rings (SSSR count). The van der Waals surface area contributed by atoms with Crippen molar-refractivity contribution in [3.05, 3.63) is 117 Å². The molecule has 0 spiro atoms. The van der Waals surface area contributed by atoms with Crippen LogP contribution in [0, 0.1) is 11.6 Å². The number of benzene rings is 3. The first kappa shape index (κ1) is 32.2. The van der Waals surface area contributed by atoms with Crippen LogP contribution in [0.25, 0.3) is 22.3 Å². The lowest BCUT2D eigenvalue weighted by Crippen LogP contribution is -2.21. The zero-order valence-electron chi connectivity index (χ0n) is 24.5. The van der Waals surface area contributed by atoms with Gasteiger partial charge in [-0.1, -0.05) is 36.4 Å². The van der Waals surface area contributed by atoms with Gasteiger partial charge in [0.15, 0.2) is 0 Å². The summed E-state index contributed by atoms with van der Waals surface area (Å²) in [5.74, 6) is -3.58. The van der Waals surface area contributed by atoms with Gasteiger partial charge in [-0.05, 0) is 61.4 Å². The minimum atomic E-state index is -0.675. The Labute approximate surface area is 270 Å². The van der Waals surface area contributed by atoms with Crippen LogP contribution in [0.2, 0.25) is 0 Å². The fraction of sp³-hybridized carbons (Fsp3) is 0.118. The molecule has 0 saturated heterocycles. The molecule has 2 aromatic heterocycles. The van der Waals surface area contributed by atoms with Crippen molar-refractivity contribution in [2.75, 3.05) is 23.8 Å². The van der Waals surface area contributed by atoms with Gasteiger partial charge in [-0.2, -0.15) is 0 Å². The minimum Gasteiger partial charge on any atom is -0.462 e. The number of thiophene rings is 2. The molecule has 0 atom stereocenters. The summed E-state index contributed by atoms with van der Waals surface area (Å²) in [6.45, 7) is 3.48. The second kappa shape index (κ2) is 14.3. The van der Waals surface area contributed by atoms with E-state index in [-0.39, 0.29) is 45.5 Å². The molecule has 0 bridgehead atoms. The third kappa shape index (κ3) is 6.87. The smallest absolute Gasteiger partial charge is 0.341 e. The number of rotatable bonds is 10. The summed E-state index contributed by atoms with van der Waals surface area (Å²) in [5, 5.41) is 9.13. The number of anilines is 2. The first-order valence-electron chi connectivity index (χ1n) is 14.0. The Bertz CT molecular complexity index is 1780. The van der Waals surface area contributed by atoms with E-state index in [4.69, 9.17) is 9.47 Å². The average molecular weight is 661 g/mol. The Morgan fingerprint density at radius 1 is 0.609 bits per heavy atom. The topological polar surface area (TPSA) is 111 Å². The van der Waals surface area contributed by atoms with E-state index in [1.165, 1.54) is 60.7 Å². The van der Waals surface area contributed by atoms with E-state index < -0.39 is 35.4 Å². The first-order chi connectivity index (χ1) is 22.2. The number of hydrogen-bond acceptors (Lipinski definition) is 8. The normalized spacial score (nSPS) is 10.7. The fourth-order valence-electron chi connectivity index (χ4n) is 4.62. The van der Waals surface area contributed by atoms with Gasteiger partial charge in [0.2, 0.25) is 0 Å². The lowest BCUT2D eigenvalue weighted by molar-refractivity contribution is 0.0519. The molecule has 3 aromatic carbocycles. The van der Waals surface area contributed by atoms with Crippen LogP contribution in [-0.4, -0.2) is 37.0 Å². The maximum atomic E-state index is 13.6. The van der Waals surface area contributed by atoms with Crippen LogP contribution in [0.3, 0.4) is 0 Å². The lowest BCUT2D eigenvalue weighted by atomic mass is 10.0. The highest BCUT2D eigenvalue weighted by atomic mass is 32.1. The van der Waals surface area contributed by atoms with Crippen LogP contribution >= 0.6 is 22.7 Å². The van der Waals surface area contributed by atoms with Gasteiger partial charge in [-0.3, -0.25) is 9.59 Å². The highest BCUT2D eigenvalue weighted by Crippen LogP contribution is 2.38. The van der Waals surface area contributed by atoms with Crippen molar-refractivity contribution >= 4 is 56.4 Å². The van der Waals surface area contributed by atoms with Crippen molar-refractivity contribution in [2.45, 2.75) is 13.8 Å². The largest absolute Gasteiger partial charge is 0.462 e. The quantitative estimate of drug-likeness (QED) is 0.146. The Morgan fingerprint density at radius 2 is 0.978 bits per heavy atom. The SMILES string of the molecule is CCOC(=O)c1c(-c2ccc(F)cc2)csc1NC(=O)c1ccccc1C(=O)Nc1scc(-c2ccc(F)cc2)c1C(=O)OCC. The highest BCUT2D eigenvalue weighted by molar-refractivity contribution is 7.15. The summed E-state index contributed by atoms with van der Waals surface area (Å²) in [4.78, 5) is 53.2. The number of carbonyl (C=O) groups is 4. The molecule has 0 radical (unpaired) electrons. The van der Waals surface area contributed by atoms with E-state index in [0.717, 1.165) is 22.7 Å². The van der Waals surface area contributed by atoms with Crippen molar-refractivity contribution in [1.29, 1.82) is 0 Å². The van der Waals surface area contributed by atoms with Gasteiger partial charge in [0.25, 0.3) is 11.8 Å². The maximum Gasteiger partial charge on any atom is 0.341 e. The molecule has 0 saturated carbocycles. The molecule has 46 heavy (non-hydrogen) atoms. The van der Waals surface area contributed by atoms with Gasteiger partial charge in [0.1, 0.15) is 32.8 Å². The first-order valence-corrected chi connectivity index (χ1v) is 15.8. The molecule has 0 fully saturated rings. The third-order valence-corrected chi connectivity index (χ3v) is 8.51. The second-order valence-corrected chi connectivity index (χ2v) is 11.4. The molecular weight excluding hydrogens is 635 g/mol. The van der Waals surface area contributed by atoms with E-state index >= 15 is 0 Å². The van der Waals surface area contributed by atoms with E-state index in [1.54, 1.807) is 36.7 Å². The summed E-state index contributed by atoms with van der Waals surface area (Å²) in [7, 11) is 0. The zero-order chi connectivity index (χ0) is 32.8. The van der Waals surface area contributed by atoms with E-state index in [2.05, 4.69) is 10.6 Å². The molecular formula is C34H26F2N2O6S2. The van der Waals surface area contributed by atoms with Gasteiger partial charge in [0.05, 0.1) is 24.3 Å². The van der Waals surface area contributed by atoms with Gasteiger partial charge in [-0.15, -0.1) is 22.7 Å². The molecule has 5 aromatic rings. The van der Waals surface area contributed by atoms with Crippen LogP contribution in [0.15, 0.2) is 83.6 Å². The number of ether oxygens (including phenoxy) is 2. The molecule has 2 N–H and O–H groups in total. The zero-order valence-corrected chi connectivity index (χ0v) is 26.2. The predicted octanol–water partition coefficient (Wildman–Crippen LogP) is 8.28. The van der Waals surface area contributed by atoms with Crippen LogP contribution in [0.5, 0.6) is 0 Å². The summed E-state index contributed by atoms with van der Waals surface area (Å²) >= 11 is 2.16. The molecule has 2 amide bonds. The summed E-state index contributed by atoms with van der Waals surface area (Å²) in [6.07, 6.45) is 0. The molecule has 12 heteroatoms. The van der Waals surface area contributed by atoms with Crippen molar-refractivity contribution in [1.82, 2.24) is 0 Å². The Morgan fingerprint density at radius 3 is 1.33 bits per heavy atom. The van der Waals surface area contributed by atoms with Crippen LogP contribution in [0.1, 0.15) is 55.3 Å². The molecule has 8 nitrogen and oxygen atoms in total. The van der Waals surface area contributed by atoms with Gasteiger partial charge in [-0.25, -0.2) is 18.4 Å².